The lowest BCUT2D eigenvalue weighted by atomic mass is 10.3. The van der Waals surface area contributed by atoms with E-state index in [0.29, 0.717) is 25.3 Å². The Labute approximate surface area is 161 Å². The Morgan fingerprint density at radius 2 is 2.23 bits per heavy atom. The second-order valence-corrected chi connectivity index (χ2v) is 8.15. The molecule has 1 aromatic heterocycles. The van der Waals surface area contributed by atoms with E-state index in [9.17, 15) is 9.59 Å². The third-order valence-corrected chi connectivity index (χ3v) is 6.29. The number of nitrogens with one attached hydrogen (secondary N) is 1. The van der Waals surface area contributed by atoms with Crippen LogP contribution in [0.4, 0.5) is 5.69 Å². The van der Waals surface area contributed by atoms with Crippen LogP contribution in [0.25, 0.3) is 0 Å². The van der Waals surface area contributed by atoms with Crippen molar-refractivity contribution < 1.29 is 14.3 Å². The molecule has 2 amide bonds. The number of thioether (sulfide) groups is 1. The molecule has 5 nitrogen and oxygen atoms in total. The first-order valence-electron chi connectivity index (χ1n) is 8.58. The van der Waals surface area contributed by atoms with Gasteiger partial charge in [-0.25, -0.2) is 0 Å². The van der Waals surface area contributed by atoms with Crippen LogP contribution in [0.3, 0.4) is 0 Å². The molecule has 138 valence electrons. The molecule has 1 aliphatic heterocycles. The van der Waals surface area contributed by atoms with Crippen molar-refractivity contribution >= 4 is 40.6 Å². The summed E-state index contributed by atoms with van der Waals surface area (Å²) in [6.07, 6.45) is 1.37. The minimum absolute atomic E-state index is 0.108. The van der Waals surface area contributed by atoms with Gasteiger partial charge in [0, 0.05) is 42.3 Å². The van der Waals surface area contributed by atoms with Crippen molar-refractivity contribution in [3.8, 4) is 5.75 Å². The topological polar surface area (TPSA) is 58.6 Å². The van der Waals surface area contributed by atoms with Gasteiger partial charge in [0.05, 0.1) is 6.61 Å². The van der Waals surface area contributed by atoms with Gasteiger partial charge in [0.2, 0.25) is 11.8 Å². The van der Waals surface area contributed by atoms with E-state index in [1.165, 1.54) is 11.8 Å². The SMILES string of the molecule is CC(=O)Nc1cccc(OCCCN2C(=O)CCSC2c2cccs2)c1. The van der Waals surface area contributed by atoms with Crippen molar-refractivity contribution in [3.63, 3.8) is 0 Å². The Balaban J connectivity index is 1.52. The number of benzene rings is 1. The maximum absolute atomic E-state index is 12.3. The molecule has 1 unspecified atom stereocenters. The van der Waals surface area contributed by atoms with Crippen LogP contribution in [0.1, 0.15) is 30.0 Å². The predicted molar refractivity (Wildman–Crippen MR) is 107 cm³/mol. The fourth-order valence-corrected chi connectivity index (χ4v) is 5.07. The average molecular weight is 391 g/mol. The maximum Gasteiger partial charge on any atom is 0.224 e. The van der Waals surface area contributed by atoms with Gasteiger partial charge in [-0.1, -0.05) is 12.1 Å². The van der Waals surface area contributed by atoms with Crippen LogP contribution in [-0.2, 0) is 9.59 Å². The second kappa shape index (κ2) is 9.09. The van der Waals surface area contributed by atoms with Crippen LogP contribution in [0, 0.1) is 0 Å². The first-order valence-corrected chi connectivity index (χ1v) is 10.5. The van der Waals surface area contributed by atoms with Crippen molar-refractivity contribution in [3.05, 3.63) is 46.7 Å². The van der Waals surface area contributed by atoms with Gasteiger partial charge in [0.15, 0.2) is 0 Å². The third kappa shape index (κ3) is 5.02. The van der Waals surface area contributed by atoms with E-state index in [4.69, 9.17) is 4.74 Å². The molecule has 3 rings (SSSR count). The van der Waals surface area contributed by atoms with Crippen LogP contribution >= 0.6 is 23.1 Å². The fraction of sp³-hybridized carbons (Fsp3) is 0.368. The number of hydrogen-bond acceptors (Lipinski definition) is 5. The van der Waals surface area contributed by atoms with Crippen LogP contribution in [0.5, 0.6) is 5.75 Å². The quantitative estimate of drug-likeness (QED) is 0.722. The van der Waals surface area contributed by atoms with E-state index in [1.54, 1.807) is 17.4 Å². The van der Waals surface area contributed by atoms with E-state index < -0.39 is 0 Å². The van der Waals surface area contributed by atoms with Gasteiger partial charge in [-0.15, -0.1) is 23.1 Å². The number of hydrogen-bond donors (Lipinski definition) is 1. The Bertz CT molecular complexity index is 749. The van der Waals surface area contributed by atoms with E-state index in [1.807, 2.05) is 40.9 Å². The van der Waals surface area contributed by atoms with Crippen molar-refractivity contribution in [1.82, 2.24) is 4.90 Å². The average Bonchev–Trinajstić information content (AvgIpc) is 3.14. The van der Waals surface area contributed by atoms with Crippen LogP contribution in [0.15, 0.2) is 41.8 Å². The number of ether oxygens (including phenoxy) is 1. The highest BCUT2D eigenvalue weighted by molar-refractivity contribution is 7.99. The smallest absolute Gasteiger partial charge is 0.224 e. The zero-order valence-corrected chi connectivity index (χ0v) is 16.3. The molecule has 2 aromatic rings. The molecule has 1 aromatic carbocycles. The number of carbonyl (C=O) groups excluding carboxylic acids is 2. The molecule has 0 spiro atoms. The summed E-state index contributed by atoms with van der Waals surface area (Å²) in [4.78, 5) is 26.7. The number of amides is 2. The summed E-state index contributed by atoms with van der Waals surface area (Å²) < 4.78 is 5.79. The van der Waals surface area contributed by atoms with Crippen LogP contribution in [0.2, 0.25) is 0 Å². The largest absolute Gasteiger partial charge is 0.493 e. The Morgan fingerprint density at radius 3 is 3.00 bits per heavy atom. The maximum atomic E-state index is 12.3. The first kappa shape index (κ1) is 18.8. The normalized spacial score (nSPS) is 17.2. The van der Waals surface area contributed by atoms with Crippen LogP contribution in [-0.4, -0.2) is 35.6 Å². The molecule has 0 radical (unpaired) electrons. The lowest BCUT2D eigenvalue weighted by Gasteiger charge is -2.34. The predicted octanol–water partition coefficient (Wildman–Crippen LogP) is 4.14. The highest BCUT2D eigenvalue weighted by Crippen LogP contribution is 2.39. The van der Waals surface area contributed by atoms with Gasteiger partial charge in [-0.2, -0.15) is 0 Å². The summed E-state index contributed by atoms with van der Waals surface area (Å²) >= 11 is 3.53. The number of thiophene rings is 1. The molecule has 7 heteroatoms. The summed E-state index contributed by atoms with van der Waals surface area (Å²) in [6, 6.07) is 11.5. The Hall–Kier alpha value is -1.99. The molecule has 1 fully saturated rings. The molecule has 0 bridgehead atoms. The molecule has 26 heavy (non-hydrogen) atoms. The molecule has 0 aliphatic carbocycles. The van der Waals surface area contributed by atoms with Gasteiger partial charge in [-0.3, -0.25) is 9.59 Å². The van der Waals surface area contributed by atoms with Crippen molar-refractivity contribution in [2.24, 2.45) is 0 Å². The second-order valence-electron chi connectivity index (χ2n) is 5.99. The number of anilines is 1. The fourth-order valence-electron chi connectivity index (χ4n) is 2.82. The Morgan fingerprint density at radius 1 is 1.35 bits per heavy atom. The number of carbonyl (C=O) groups is 2. The van der Waals surface area contributed by atoms with Gasteiger partial charge < -0.3 is 15.0 Å². The molecule has 2 heterocycles. The summed E-state index contributed by atoms with van der Waals surface area (Å²) in [6.45, 7) is 2.68. The first-order chi connectivity index (χ1) is 12.6. The van der Waals surface area contributed by atoms with Gasteiger partial charge in [-0.05, 0) is 30.0 Å². The van der Waals surface area contributed by atoms with Gasteiger partial charge >= 0.3 is 0 Å². The van der Waals surface area contributed by atoms with Crippen LogP contribution < -0.4 is 10.1 Å². The van der Waals surface area contributed by atoms with Crippen molar-refractivity contribution in [2.45, 2.75) is 25.1 Å². The molecule has 1 atom stereocenters. The number of rotatable bonds is 7. The van der Waals surface area contributed by atoms with Gasteiger partial charge in [0.25, 0.3) is 0 Å². The monoisotopic (exact) mass is 390 g/mol. The van der Waals surface area contributed by atoms with E-state index in [2.05, 4.69) is 16.8 Å². The standard InChI is InChI=1S/C19H22N2O3S2/c1-14(22)20-15-5-2-6-16(13-15)24-10-4-9-21-18(23)8-12-26-19(21)17-7-3-11-25-17/h2-3,5-7,11,13,19H,4,8-10,12H2,1H3,(H,20,22). The molecule has 1 saturated heterocycles. The van der Waals surface area contributed by atoms with E-state index in [-0.39, 0.29) is 17.2 Å². The summed E-state index contributed by atoms with van der Waals surface area (Å²) in [7, 11) is 0. The van der Waals surface area contributed by atoms with E-state index in [0.717, 1.165) is 17.9 Å². The van der Waals surface area contributed by atoms with Crippen molar-refractivity contribution in [2.75, 3.05) is 24.2 Å². The van der Waals surface area contributed by atoms with Crippen molar-refractivity contribution in [1.29, 1.82) is 0 Å². The summed E-state index contributed by atoms with van der Waals surface area (Å²) in [5.74, 6) is 1.70. The van der Waals surface area contributed by atoms with Gasteiger partial charge in [0.1, 0.15) is 11.1 Å². The summed E-state index contributed by atoms with van der Waals surface area (Å²) in [5.41, 5.74) is 0.718. The van der Waals surface area contributed by atoms with E-state index >= 15 is 0 Å². The highest BCUT2D eigenvalue weighted by Gasteiger charge is 2.29. The molecule has 1 N–H and O–H groups in total. The lowest BCUT2D eigenvalue weighted by molar-refractivity contribution is -0.132. The number of nitrogens with zero attached hydrogens (tertiary/aromatic N) is 1. The Kier molecular flexibility index (Phi) is 6.57. The lowest BCUT2D eigenvalue weighted by Crippen LogP contribution is -2.38. The minimum atomic E-state index is -0.108. The minimum Gasteiger partial charge on any atom is -0.493 e. The molecule has 0 saturated carbocycles. The molecular formula is C19H22N2O3S2. The zero-order chi connectivity index (χ0) is 18.4. The summed E-state index contributed by atoms with van der Waals surface area (Å²) in [5, 5.41) is 4.92. The highest BCUT2D eigenvalue weighted by atomic mass is 32.2. The zero-order valence-electron chi connectivity index (χ0n) is 14.6. The third-order valence-electron chi connectivity index (χ3n) is 3.95. The molecular weight excluding hydrogens is 368 g/mol. The molecule has 1 aliphatic rings.